The molecule has 1 aliphatic heterocycles. The molecule has 1 amide bonds. The molecule has 0 unspecified atom stereocenters. The zero-order valence-corrected chi connectivity index (χ0v) is 19.0. The number of hydrogen-bond acceptors (Lipinski definition) is 7. The number of benzene rings is 2. The Labute approximate surface area is 191 Å². The lowest BCUT2D eigenvalue weighted by Crippen LogP contribution is -2.55. The molecule has 0 atom stereocenters. The molecule has 2 aromatic rings. The van der Waals surface area contributed by atoms with Crippen LogP contribution in [-0.4, -0.2) is 61.2 Å². The van der Waals surface area contributed by atoms with E-state index in [1.807, 2.05) is 0 Å². The van der Waals surface area contributed by atoms with Crippen LogP contribution in [0.1, 0.15) is 24.2 Å². The maximum Gasteiger partial charge on any atom is 0.313 e. The first-order valence-corrected chi connectivity index (χ1v) is 10.5. The molecule has 0 aromatic heterocycles. The summed E-state index contributed by atoms with van der Waals surface area (Å²) in [5.41, 5.74) is -0.107. The minimum atomic E-state index is -0.578. The van der Waals surface area contributed by atoms with Crippen molar-refractivity contribution in [2.45, 2.75) is 19.4 Å². The van der Waals surface area contributed by atoms with Gasteiger partial charge in [0.25, 0.3) is 5.91 Å². The first kappa shape index (κ1) is 23.8. The maximum atomic E-state index is 12.7. The van der Waals surface area contributed by atoms with Gasteiger partial charge < -0.3 is 19.5 Å². The molecule has 1 saturated heterocycles. The van der Waals surface area contributed by atoms with Gasteiger partial charge in [-0.05, 0) is 44.2 Å². The van der Waals surface area contributed by atoms with Crippen molar-refractivity contribution in [1.82, 2.24) is 10.2 Å². The van der Waals surface area contributed by atoms with Gasteiger partial charge in [-0.25, -0.2) is 0 Å². The van der Waals surface area contributed by atoms with E-state index in [1.54, 1.807) is 12.1 Å². The number of ether oxygens (including phenoxy) is 3. The van der Waals surface area contributed by atoms with E-state index in [0.29, 0.717) is 25.3 Å². The number of nitro benzene ring substituents is 1. The van der Waals surface area contributed by atoms with E-state index >= 15 is 0 Å². The molecule has 9 nitrogen and oxygen atoms in total. The number of nitrogens with one attached hydrogen (secondary N) is 1. The summed E-state index contributed by atoms with van der Waals surface area (Å²) < 4.78 is 16.4. The quantitative estimate of drug-likeness (QED) is 0.468. The smallest absolute Gasteiger partial charge is 0.313 e. The lowest BCUT2D eigenvalue weighted by Gasteiger charge is -2.40. The molecule has 1 fully saturated rings. The van der Waals surface area contributed by atoms with Gasteiger partial charge in [0.2, 0.25) is 5.75 Å². The summed E-state index contributed by atoms with van der Waals surface area (Å²) in [6, 6.07) is 8.77. The average molecular weight is 464 g/mol. The molecule has 0 spiro atoms. The molecule has 0 radical (unpaired) electrons. The minimum absolute atomic E-state index is 0.0159. The lowest BCUT2D eigenvalue weighted by atomic mass is 10.0. The van der Waals surface area contributed by atoms with Crippen molar-refractivity contribution in [2.75, 3.05) is 40.0 Å². The van der Waals surface area contributed by atoms with Crippen LogP contribution < -0.4 is 14.8 Å². The number of nitrogens with zero attached hydrogens (tertiary/aromatic N) is 2. The van der Waals surface area contributed by atoms with E-state index in [-0.39, 0.29) is 39.4 Å². The van der Waals surface area contributed by atoms with Crippen molar-refractivity contribution in [3.8, 4) is 17.2 Å². The Hall–Kier alpha value is -2.88. The average Bonchev–Trinajstić information content (AvgIpc) is 2.79. The number of carbonyl (C=O) groups is 1. The van der Waals surface area contributed by atoms with Crippen LogP contribution in [0.15, 0.2) is 36.4 Å². The minimum Gasteiger partial charge on any atom is -0.493 e. The molecule has 3 rings (SSSR count). The van der Waals surface area contributed by atoms with E-state index in [9.17, 15) is 14.9 Å². The molecule has 1 heterocycles. The van der Waals surface area contributed by atoms with Gasteiger partial charge in [-0.15, -0.1) is 0 Å². The molecule has 0 saturated carbocycles. The number of rotatable bonds is 8. The highest BCUT2D eigenvalue weighted by molar-refractivity contribution is 6.30. The van der Waals surface area contributed by atoms with Crippen LogP contribution in [0.2, 0.25) is 5.02 Å². The topological polar surface area (TPSA) is 103 Å². The van der Waals surface area contributed by atoms with Gasteiger partial charge in [-0.1, -0.05) is 11.6 Å². The van der Waals surface area contributed by atoms with Gasteiger partial charge in [0.05, 0.1) is 25.2 Å². The van der Waals surface area contributed by atoms with E-state index in [1.165, 1.54) is 31.4 Å². The second-order valence-corrected chi connectivity index (χ2v) is 8.37. The Bertz CT molecular complexity index is 992. The van der Waals surface area contributed by atoms with Crippen molar-refractivity contribution in [2.24, 2.45) is 0 Å². The SMILES string of the molecule is COc1cc(C(=O)NCC(C)(C)N2CCOCC2)ccc1Oc1ccc(Cl)cc1[N+](=O)[O-]. The number of halogens is 1. The van der Waals surface area contributed by atoms with Crippen LogP contribution in [0.5, 0.6) is 17.2 Å². The van der Waals surface area contributed by atoms with Crippen LogP contribution in [0.3, 0.4) is 0 Å². The Morgan fingerprint density at radius 3 is 2.53 bits per heavy atom. The van der Waals surface area contributed by atoms with Crippen molar-refractivity contribution >= 4 is 23.2 Å². The third-order valence-corrected chi connectivity index (χ3v) is 5.55. The summed E-state index contributed by atoms with van der Waals surface area (Å²) >= 11 is 5.85. The summed E-state index contributed by atoms with van der Waals surface area (Å²) in [4.78, 5) is 25.7. The fourth-order valence-electron chi connectivity index (χ4n) is 3.41. The number of amides is 1. The molecule has 172 valence electrons. The number of methoxy groups -OCH3 is 1. The Morgan fingerprint density at radius 1 is 1.19 bits per heavy atom. The van der Waals surface area contributed by atoms with E-state index in [4.69, 9.17) is 25.8 Å². The first-order chi connectivity index (χ1) is 15.2. The van der Waals surface area contributed by atoms with Crippen LogP contribution in [0, 0.1) is 10.1 Å². The van der Waals surface area contributed by atoms with Crippen molar-refractivity contribution in [3.63, 3.8) is 0 Å². The summed E-state index contributed by atoms with van der Waals surface area (Å²) in [6.07, 6.45) is 0. The van der Waals surface area contributed by atoms with E-state index in [2.05, 4.69) is 24.1 Å². The molecule has 2 aromatic carbocycles. The number of hydrogen-bond donors (Lipinski definition) is 1. The third kappa shape index (κ3) is 5.67. The van der Waals surface area contributed by atoms with Gasteiger partial charge in [0.1, 0.15) is 0 Å². The molecular weight excluding hydrogens is 438 g/mol. The molecule has 0 bridgehead atoms. The second-order valence-electron chi connectivity index (χ2n) is 7.93. The second kappa shape index (κ2) is 10.2. The normalized spacial score (nSPS) is 14.6. The van der Waals surface area contributed by atoms with Gasteiger partial charge in [0.15, 0.2) is 11.5 Å². The maximum absolute atomic E-state index is 12.7. The van der Waals surface area contributed by atoms with Gasteiger partial charge in [-0.2, -0.15) is 0 Å². The van der Waals surface area contributed by atoms with E-state index < -0.39 is 4.92 Å². The molecule has 0 aliphatic carbocycles. The van der Waals surface area contributed by atoms with Crippen molar-refractivity contribution < 1.29 is 23.9 Å². The number of nitro groups is 1. The zero-order valence-electron chi connectivity index (χ0n) is 18.2. The predicted molar refractivity (Wildman–Crippen MR) is 120 cm³/mol. The standard InChI is InChI=1S/C22H26ClN3O6/c1-22(2,25-8-10-31-11-9-25)14-24-21(27)15-4-6-19(20(12-15)30-3)32-18-7-5-16(23)13-17(18)26(28)29/h4-7,12-13H,8-11,14H2,1-3H3,(H,24,27). The molecular formula is C22H26ClN3O6. The fourth-order valence-corrected chi connectivity index (χ4v) is 3.58. The fraction of sp³-hybridized carbons (Fsp3) is 0.409. The number of morpholine rings is 1. The summed E-state index contributed by atoms with van der Waals surface area (Å²) in [6.45, 7) is 7.62. The van der Waals surface area contributed by atoms with Crippen LogP contribution in [0.25, 0.3) is 0 Å². The van der Waals surface area contributed by atoms with Crippen molar-refractivity contribution in [3.05, 3.63) is 57.1 Å². The van der Waals surface area contributed by atoms with Gasteiger partial charge >= 0.3 is 5.69 Å². The highest BCUT2D eigenvalue weighted by Gasteiger charge is 2.29. The lowest BCUT2D eigenvalue weighted by molar-refractivity contribution is -0.385. The molecule has 10 heteroatoms. The van der Waals surface area contributed by atoms with Crippen molar-refractivity contribution in [1.29, 1.82) is 0 Å². The zero-order chi connectivity index (χ0) is 23.3. The van der Waals surface area contributed by atoms with Crippen LogP contribution in [-0.2, 0) is 4.74 Å². The predicted octanol–water partition coefficient (Wildman–Crippen LogP) is 3.89. The molecule has 1 N–H and O–H groups in total. The summed E-state index contributed by atoms with van der Waals surface area (Å²) in [7, 11) is 1.43. The monoisotopic (exact) mass is 463 g/mol. The largest absolute Gasteiger partial charge is 0.493 e. The molecule has 32 heavy (non-hydrogen) atoms. The Morgan fingerprint density at radius 2 is 1.88 bits per heavy atom. The first-order valence-electron chi connectivity index (χ1n) is 10.1. The van der Waals surface area contributed by atoms with Crippen LogP contribution >= 0.6 is 11.6 Å². The highest BCUT2D eigenvalue weighted by Crippen LogP contribution is 2.37. The van der Waals surface area contributed by atoms with E-state index in [0.717, 1.165) is 13.1 Å². The van der Waals surface area contributed by atoms with Gasteiger partial charge in [0, 0.05) is 41.8 Å². The number of carbonyl (C=O) groups excluding carboxylic acids is 1. The summed E-state index contributed by atoms with van der Waals surface area (Å²) in [5.74, 6) is 0.272. The Kier molecular flexibility index (Phi) is 7.55. The summed E-state index contributed by atoms with van der Waals surface area (Å²) in [5, 5.41) is 14.5. The van der Waals surface area contributed by atoms with Gasteiger partial charge in [-0.3, -0.25) is 19.8 Å². The molecule has 1 aliphatic rings. The highest BCUT2D eigenvalue weighted by atomic mass is 35.5. The third-order valence-electron chi connectivity index (χ3n) is 5.31. The van der Waals surface area contributed by atoms with Crippen LogP contribution in [0.4, 0.5) is 5.69 Å². The Balaban J connectivity index is 1.72.